The summed E-state index contributed by atoms with van der Waals surface area (Å²) in [4.78, 5) is 32.2. The monoisotopic (exact) mass is 266 g/mol. The SMILES string of the molecule is O=C1NC(=O)C(=Cc2cccc([N+](=O)[O-])c2O)S1. The Morgan fingerprint density at radius 1 is 1.39 bits per heavy atom. The van der Waals surface area contributed by atoms with E-state index in [-0.39, 0.29) is 10.5 Å². The Hall–Kier alpha value is -2.35. The van der Waals surface area contributed by atoms with Crippen molar-refractivity contribution >= 4 is 34.7 Å². The zero-order valence-corrected chi connectivity index (χ0v) is 9.56. The van der Waals surface area contributed by atoms with E-state index >= 15 is 0 Å². The molecule has 0 saturated carbocycles. The van der Waals surface area contributed by atoms with Crippen LogP contribution in [0.15, 0.2) is 23.1 Å². The van der Waals surface area contributed by atoms with Crippen LogP contribution in [0.25, 0.3) is 6.08 Å². The molecule has 1 fully saturated rings. The van der Waals surface area contributed by atoms with E-state index in [9.17, 15) is 24.8 Å². The van der Waals surface area contributed by atoms with Crippen LogP contribution in [-0.4, -0.2) is 21.2 Å². The molecule has 0 aliphatic carbocycles. The molecule has 0 bridgehead atoms. The first-order valence-corrected chi connectivity index (χ1v) is 5.52. The molecule has 1 aromatic rings. The fourth-order valence-electron chi connectivity index (χ4n) is 1.37. The second-order valence-corrected chi connectivity index (χ2v) is 4.34. The van der Waals surface area contributed by atoms with Gasteiger partial charge < -0.3 is 5.11 Å². The van der Waals surface area contributed by atoms with Crippen molar-refractivity contribution in [3.8, 4) is 5.75 Å². The summed E-state index contributed by atoms with van der Waals surface area (Å²) >= 11 is 0.672. The molecule has 7 nitrogen and oxygen atoms in total. The standard InChI is InChI=1S/C10H6N2O5S/c13-8-5(2-1-3-6(8)12(16)17)4-7-9(14)11-10(15)18-7/h1-4,13H,(H,11,14,15). The number of nitrogens with one attached hydrogen (secondary N) is 1. The van der Waals surface area contributed by atoms with Gasteiger partial charge in [0.25, 0.3) is 11.1 Å². The average molecular weight is 266 g/mol. The Morgan fingerprint density at radius 2 is 2.11 bits per heavy atom. The maximum absolute atomic E-state index is 11.3. The van der Waals surface area contributed by atoms with Gasteiger partial charge in [-0.2, -0.15) is 0 Å². The van der Waals surface area contributed by atoms with Crippen molar-refractivity contribution < 1.29 is 19.6 Å². The van der Waals surface area contributed by atoms with Crippen LogP contribution in [0.5, 0.6) is 5.75 Å². The fraction of sp³-hybridized carbons (Fsp3) is 0. The topological polar surface area (TPSA) is 110 Å². The number of phenolic OH excluding ortho intramolecular Hbond substituents is 1. The molecule has 1 heterocycles. The molecule has 1 saturated heterocycles. The number of amides is 2. The summed E-state index contributed by atoms with van der Waals surface area (Å²) < 4.78 is 0. The normalized spacial score (nSPS) is 17.0. The molecule has 0 spiro atoms. The van der Waals surface area contributed by atoms with Crippen molar-refractivity contribution in [2.24, 2.45) is 0 Å². The third kappa shape index (κ3) is 2.18. The number of carbonyl (C=O) groups excluding carboxylic acids is 2. The Bertz CT molecular complexity index is 596. The zero-order chi connectivity index (χ0) is 13.3. The van der Waals surface area contributed by atoms with E-state index in [1.54, 1.807) is 0 Å². The van der Waals surface area contributed by atoms with Crippen LogP contribution < -0.4 is 5.32 Å². The third-order valence-corrected chi connectivity index (χ3v) is 2.98. The summed E-state index contributed by atoms with van der Waals surface area (Å²) in [6.45, 7) is 0. The molecular formula is C10H6N2O5S. The number of thioether (sulfide) groups is 1. The van der Waals surface area contributed by atoms with Gasteiger partial charge in [0, 0.05) is 11.6 Å². The molecule has 0 aromatic heterocycles. The van der Waals surface area contributed by atoms with Crippen LogP contribution in [0.2, 0.25) is 0 Å². The first kappa shape index (κ1) is 12.1. The van der Waals surface area contributed by atoms with Gasteiger partial charge in [-0.3, -0.25) is 25.0 Å². The number of phenols is 1. The number of hydrogen-bond donors (Lipinski definition) is 2. The lowest BCUT2D eigenvalue weighted by Crippen LogP contribution is -2.17. The van der Waals surface area contributed by atoms with E-state index < -0.39 is 27.5 Å². The van der Waals surface area contributed by atoms with Crippen LogP contribution in [0.3, 0.4) is 0 Å². The largest absolute Gasteiger partial charge is 0.502 e. The second kappa shape index (κ2) is 4.49. The Balaban J connectivity index is 2.44. The zero-order valence-electron chi connectivity index (χ0n) is 8.75. The van der Waals surface area contributed by atoms with Crippen molar-refractivity contribution in [3.63, 3.8) is 0 Å². The number of nitro benzene ring substituents is 1. The number of para-hydroxylation sites is 1. The van der Waals surface area contributed by atoms with E-state index in [4.69, 9.17) is 0 Å². The van der Waals surface area contributed by atoms with Gasteiger partial charge >= 0.3 is 5.69 Å². The number of nitrogens with zero attached hydrogens (tertiary/aromatic N) is 1. The molecule has 8 heteroatoms. The minimum Gasteiger partial charge on any atom is -0.502 e. The van der Waals surface area contributed by atoms with Crippen molar-refractivity contribution in [2.75, 3.05) is 0 Å². The van der Waals surface area contributed by atoms with Crippen molar-refractivity contribution in [1.82, 2.24) is 5.32 Å². The molecule has 2 rings (SSSR count). The predicted molar refractivity (Wildman–Crippen MR) is 63.9 cm³/mol. The first-order chi connectivity index (χ1) is 8.49. The van der Waals surface area contributed by atoms with Crippen LogP contribution in [0.4, 0.5) is 10.5 Å². The summed E-state index contributed by atoms with van der Waals surface area (Å²) in [6, 6.07) is 3.93. The van der Waals surface area contributed by atoms with Crippen LogP contribution in [0, 0.1) is 10.1 Å². The van der Waals surface area contributed by atoms with Crippen molar-refractivity contribution in [3.05, 3.63) is 38.8 Å². The molecule has 2 N–H and O–H groups in total. The second-order valence-electron chi connectivity index (χ2n) is 3.32. The Labute approximate surface area is 105 Å². The Kier molecular flexibility index (Phi) is 3.02. The smallest absolute Gasteiger partial charge is 0.311 e. The molecule has 0 atom stereocenters. The van der Waals surface area contributed by atoms with Crippen LogP contribution in [0.1, 0.15) is 5.56 Å². The number of hydrogen-bond acceptors (Lipinski definition) is 6. The molecule has 18 heavy (non-hydrogen) atoms. The highest BCUT2D eigenvalue weighted by molar-refractivity contribution is 8.18. The molecular weight excluding hydrogens is 260 g/mol. The summed E-state index contributed by atoms with van der Waals surface area (Å²) in [5.74, 6) is -1.13. The van der Waals surface area contributed by atoms with Gasteiger partial charge in [0.1, 0.15) is 0 Å². The summed E-state index contributed by atoms with van der Waals surface area (Å²) in [5.41, 5.74) is -0.351. The first-order valence-electron chi connectivity index (χ1n) is 4.70. The number of carbonyl (C=O) groups is 2. The van der Waals surface area contributed by atoms with Crippen LogP contribution in [-0.2, 0) is 4.79 Å². The van der Waals surface area contributed by atoms with E-state index in [0.717, 1.165) is 6.07 Å². The molecule has 0 radical (unpaired) electrons. The molecule has 92 valence electrons. The number of aromatic hydroxyl groups is 1. The molecule has 1 aromatic carbocycles. The molecule has 2 amide bonds. The van der Waals surface area contributed by atoms with Crippen LogP contribution >= 0.6 is 11.8 Å². The van der Waals surface area contributed by atoms with Gasteiger partial charge in [-0.15, -0.1) is 0 Å². The molecule has 0 unspecified atom stereocenters. The average Bonchev–Trinajstić information content (AvgIpc) is 2.60. The highest BCUT2D eigenvalue weighted by atomic mass is 32.2. The fourth-order valence-corrected chi connectivity index (χ4v) is 2.05. The van der Waals surface area contributed by atoms with Gasteiger partial charge in [-0.25, -0.2) is 0 Å². The highest BCUT2D eigenvalue weighted by Crippen LogP contribution is 2.33. The maximum atomic E-state index is 11.3. The molecule has 1 aliphatic heterocycles. The number of imide groups is 1. The summed E-state index contributed by atoms with van der Waals surface area (Å²) in [5, 5.41) is 21.8. The number of rotatable bonds is 2. The minimum absolute atomic E-state index is 0.0794. The minimum atomic E-state index is -0.732. The van der Waals surface area contributed by atoms with E-state index in [2.05, 4.69) is 0 Å². The number of nitro groups is 1. The van der Waals surface area contributed by atoms with E-state index in [1.807, 2.05) is 5.32 Å². The van der Waals surface area contributed by atoms with Gasteiger partial charge in [-0.05, 0) is 17.8 Å². The summed E-state index contributed by atoms with van der Waals surface area (Å²) in [7, 11) is 0. The van der Waals surface area contributed by atoms with Gasteiger partial charge in [0.05, 0.1) is 9.83 Å². The predicted octanol–water partition coefficient (Wildman–Crippen LogP) is 1.62. The van der Waals surface area contributed by atoms with Gasteiger partial charge in [0.15, 0.2) is 0 Å². The number of benzene rings is 1. The lowest BCUT2D eigenvalue weighted by atomic mass is 10.1. The van der Waals surface area contributed by atoms with Gasteiger partial charge in [-0.1, -0.05) is 12.1 Å². The third-order valence-electron chi connectivity index (χ3n) is 2.17. The van der Waals surface area contributed by atoms with E-state index in [1.165, 1.54) is 18.2 Å². The van der Waals surface area contributed by atoms with Gasteiger partial charge in [0.2, 0.25) is 5.75 Å². The lowest BCUT2D eigenvalue weighted by Gasteiger charge is -2.00. The highest BCUT2D eigenvalue weighted by Gasteiger charge is 2.26. The lowest BCUT2D eigenvalue weighted by molar-refractivity contribution is -0.385. The maximum Gasteiger partial charge on any atom is 0.311 e. The van der Waals surface area contributed by atoms with Crippen molar-refractivity contribution in [2.45, 2.75) is 0 Å². The quantitative estimate of drug-likeness (QED) is 0.478. The Morgan fingerprint density at radius 3 is 2.67 bits per heavy atom. The van der Waals surface area contributed by atoms with Crippen molar-refractivity contribution in [1.29, 1.82) is 0 Å². The van der Waals surface area contributed by atoms with E-state index in [0.29, 0.717) is 11.8 Å². The molecule has 1 aliphatic rings. The summed E-state index contributed by atoms with van der Waals surface area (Å²) in [6.07, 6.45) is 1.23.